The molecular formula is C52H48N4O4. The summed E-state index contributed by atoms with van der Waals surface area (Å²) in [6, 6.07) is 39.8. The van der Waals surface area contributed by atoms with Crippen LogP contribution in [0.3, 0.4) is 0 Å². The van der Waals surface area contributed by atoms with Crippen LogP contribution in [0, 0.1) is 19.3 Å². The second-order valence-electron chi connectivity index (χ2n) is 15.8. The topological polar surface area (TPSA) is 107 Å². The summed E-state index contributed by atoms with van der Waals surface area (Å²) in [5, 5.41) is 16.4. The van der Waals surface area contributed by atoms with Crippen molar-refractivity contribution in [3.8, 4) is 0 Å². The van der Waals surface area contributed by atoms with Crippen LogP contribution in [0.5, 0.6) is 0 Å². The number of carbonyl (C=O) groups excluding carboxylic acids is 3. The molecule has 8 rings (SSSR count). The lowest BCUT2D eigenvalue weighted by Gasteiger charge is -2.10. The van der Waals surface area contributed by atoms with Crippen molar-refractivity contribution in [3.63, 3.8) is 0 Å². The SMILES string of the molecule is CC(=N)c1ccc2c(c1)c1cc(C(=O)c3ccccc3C)ccc1n2CCCCCCn1c2ccc(C(=O)c3ccccc3C)cc2c2cc(C(C)=NOC(C)=O)ccc21. The summed E-state index contributed by atoms with van der Waals surface area (Å²) in [6.07, 6.45) is 4.01. The molecule has 8 aromatic rings. The fourth-order valence-corrected chi connectivity index (χ4v) is 8.48. The van der Waals surface area contributed by atoms with Crippen LogP contribution < -0.4 is 0 Å². The first-order valence-electron chi connectivity index (χ1n) is 20.6. The molecule has 6 aromatic carbocycles. The van der Waals surface area contributed by atoms with Crippen LogP contribution in [-0.4, -0.2) is 38.1 Å². The minimum Gasteiger partial charge on any atom is -0.340 e. The van der Waals surface area contributed by atoms with Crippen molar-refractivity contribution in [1.29, 1.82) is 5.41 Å². The predicted molar refractivity (Wildman–Crippen MR) is 243 cm³/mol. The molecule has 2 heterocycles. The molecule has 0 spiro atoms. The third-order valence-corrected chi connectivity index (χ3v) is 11.7. The van der Waals surface area contributed by atoms with Crippen molar-refractivity contribution in [2.24, 2.45) is 5.16 Å². The minimum atomic E-state index is -0.477. The number of aromatic nitrogens is 2. The van der Waals surface area contributed by atoms with Crippen LogP contribution in [0.4, 0.5) is 0 Å². The van der Waals surface area contributed by atoms with Gasteiger partial charge in [-0.1, -0.05) is 78.7 Å². The molecule has 0 saturated heterocycles. The molecule has 0 unspecified atom stereocenters. The summed E-state index contributed by atoms with van der Waals surface area (Å²) in [7, 11) is 0. The van der Waals surface area contributed by atoms with Crippen molar-refractivity contribution < 1.29 is 19.2 Å². The highest BCUT2D eigenvalue weighted by molar-refractivity contribution is 6.17. The second-order valence-corrected chi connectivity index (χ2v) is 15.8. The summed E-state index contributed by atoms with van der Waals surface area (Å²) < 4.78 is 4.71. The highest BCUT2D eigenvalue weighted by Gasteiger charge is 2.19. The van der Waals surface area contributed by atoms with Crippen LogP contribution >= 0.6 is 0 Å². The van der Waals surface area contributed by atoms with Crippen molar-refractivity contribution >= 4 is 72.6 Å². The molecule has 0 aliphatic heterocycles. The van der Waals surface area contributed by atoms with E-state index < -0.39 is 5.97 Å². The summed E-state index contributed by atoms with van der Waals surface area (Å²) in [6.45, 7) is 10.5. The van der Waals surface area contributed by atoms with E-state index in [0.29, 0.717) is 33.7 Å². The van der Waals surface area contributed by atoms with Crippen molar-refractivity contribution in [1.82, 2.24) is 9.13 Å². The summed E-state index contributed by atoms with van der Waals surface area (Å²) in [5.41, 5.74) is 11.7. The predicted octanol–water partition coefficient (Wildman–Crippen LogP) is 11.9. The van der Waals surface area contributed by atoms with Crippen LogP contribution in [0.25, 0.3) is 43.6 Å². The van der Waals surface area contributed by atoms with E-state index in [-0.39, 0.29) is 11.6 Å². The number of oxime groups is 1. The average molecular weight is 793 g/mol. The molecule has 0 bridgehead atoms. The lowest BCUT2D eigenvalue weighted by Crippen LogP contribution is -2.04. The fourth-order valence-electron chi connectivity index (χ4n) is 8.48. The second kappa shape index (κ2) is 16.7. The number of nitrogens with zero attached hydrogens (tertiary/aromatic N) is 3. The number of hydrogen-bond donors (Lipinski definition) is 1. The van der Waals surface area contributed by atoms with Gasteiger partial charge in [-0.3, -0.25) is 9.59 Å². The maximum Gasteiger partial charge on any atom is 0.331 e. The maximum atomic E-state index is 13.7. The van der Waals surface area contributed by atoms with Gasteiger partial charge in [0.05, 0.1) is 5.71 Å². The Morgan fingerprint density at radius 1 is 0.517 bits per heavy atom. The molecule has 1 N–H and O–H groups in total. The number of hydrogen-bond acceptors (Lipinski definition) is 6. The zero-order chi connectivity index (χ0) is 42.1. The van der Waals surface area contributed by atoms with Gasteiger partial charge in [0, 0.05) is 91.6 Å². The Kier molecular flexibility index (Phi) is 11.1. The third-order valence-electron chi connectivity index (χ3n) is 11.7. The van der Waals surface area contributed by atoms with Gasteiger partial charge in [0.2, 0.25) is 0 Å². The van der Waals surface area contributed by atoms with Crippen molar-refractivity contribution in [2.75, 3.05) is 0 Å². The Labute approximate surface area is 349 Å². The van der Waals surface area contributed by atoms with E-state index >= 15 is 0 Å². The minimum absolute atomic E-state index is 0.00983. The van der Waals surface area contributed by atoms with E-state index in [1.54, 1.807) is 6.92 Å². The third kappa shape index (κ3) is 7.69. The molecular weight excluding hydrogens is 745 g/mol. The number of carbonyl (C=O) groups is 3. The molecule has 2 aromatic heterocycles. The summed E-state index contributed by atoms with van der Waals surface area (Å²) >= 11 is 0. The standard InChI is InChI=1S/C52H48N4O4/c1-32-14-8-10-16-41(32)51(58)39-20-24-49-45(30-39)43-28-37(34(3)53)18-22-47(43)55(49)26-12-6-7-13-27-56-48-23-19-38(35(4)54-60-36(5)57)29-44(48)46-31-40(21-25-50(46)56)52(59)42-17-11-9-15-33(42)2/h8-11,14-25,28-31,53H,6-7,12-13,26-27H2,1-5H3. The molecule has 0 amide bonds. The van der Waals surface area contributed by atoms with Gasteiger partial charge >= 0.3 is 5.97 Å². The van der Waals surface area contributed by atoms with Gasteiger partial charge in [0.1, 0.15) is 0 Å². The Morgan fingerprint density at radius 3 is 1.32 bits per heavy atom. The molecule has 0 fully saturated rings. The van der Waals surface area contributed by atoms with E-state index in [0.717, 1.165) is 105 Å². The summed E-state index contributed by atoms with van der Waals surface area (Å²) in [4.78, 5) is 43.8. The smallest absolute Gasteiger partial charge is 0.331 e. The first kappa shape index (κ1) is 39.9. The van der Waals surface area contributed by atoms with Gasteiger partial charge in [-0.05, 0) is 123 Å². The lowest BCUT2D eigenvalue weighted by atomic mass is 9.97. The van der Waals surface area contributed by atoms with Gasteiger partial charge < -0.3 is 19.4 Å². The van der Waals surface area contributed by atoms with Crippen LogP contribution in [0.2, 0.25) is 0 Å². The highest BCUT2D eigenvalue weighted by Crippen LogP contribution is 2.34. The monoisotopic (exact) mass is 792 g/mol. The molecule has 0 aliphatic carbocycles. The Morgan fingerprint density at radius 2 is 0.900 bits per heavy atom. The quantitative estimate of drug-likeness (QED) is 0.0389. The number of ketones is 2. The van der Waals surface area contributed by atoms with Crippen molar-refractivity contribution in [3.05, 3.63) is 166 Å². The highest BCUT2D eigenvalue weighted by atomic mass is 16.7. The summed E-state index contributed by atoms with van der Waals surface area (Å²) in [5.74, 6) is -0.474. The molecule has 300 valence electrons. The molecule has 60 heavy (non-hydrogen) atoms. The zero-order valence-corrected chi connectivity index (χ0v) is 34.8. The van der Waals surface area contributed by atoms with Crippen LogP contribution in [0.15, 0.2) is 126 Å². The first-order valence-corrected chi connectivity index (χ1v) is 20.6. The van der Waals surface area contributed by atoms with Gasteiger partial charge in [0.15, 0.2) is 11.6 Å². The lowest BCUT2D eigenvalue weighted by molar-refractivity contribution is -0.140. The normalized spacial score (nSPS) is 11.8. The van der Waals surface area contributed by atoms with Crippen LogP contribution in [0.1, 0.15) is 101 Å². The molecule has 0 radical (unpaired) electrons. The van der Waals surface area contributed by atoms with Gasteiger partial charge in [0.25, 0.3) is 0 Å². The average Bonchev–Trinajstić information content (AvgIpc) is 3.73. The fraction of sp³-hybridized carbons (Fsp3) is 0.212. The Balaban J connectivity index is 1.03. The number of rotatable bonds is 14. The van der Waals surface area contributed by atoms with E-state index in [9.17, 15) is 14.4 Å². The van der Waals surface area contributed by atoms with Gasteiger partial charge in [-0.2, -0.15) is 0 Å². The maximum absolute atomic E-state index is 13.7. The molecule has 0 aliphatic rings. The van der Waals surface area contributed by atoms with E-state index in [4.69, 9.17) is 10.2 Å². The molecule has 8 heteroatoms. The zero-order valence-electron chi connectivity index (χ0n) is 34.8. The first-order chi connectivity index (χ1) is 29.0. The number of fused-ring (bicyclic) bond motifs is 6. The molecule has 8 nitrogen and oxygen atoms in total. The Bertz CT molecular complexity index is 3050. The van der Waals surface area contributed by atoms with Crippen molar-refractivity contribution in [2.45, 2.75) is 73.4 Å². The number of unbranched alkanes of at least 4 members (excludes halogenated alkanes) is 3. The number of benzene rings is 6. The largest absolute Gasteiger partial charge is 0.340 e. The van der Waals surface area contributed by atoms with Gasteiger partial charge in [-0.25, -0.2) is 4.79 Å². The van der Waals surface area contributed by atoms with E-state index in [1.807, 2.05) is 106 Å². The Hall–Kier alpha value is -6.93. The number of nitrogens with one attached hydrogen (secondary N) is 1. The van der Waals surface area contributed by atoms with Gasteiger partial charge in [-0.15, -0.1) is 0 Å². The molecule has 0 saturated carbocycles. The van der Waals surface area contributed by atoms with E-state index in [2.05, 4.69) is 50.7 Å². The van der Waals surface area contributed by atoms with E-state index in [1.165, 1.54) is 6.92 Å². The van der Waals surface area contributed by atoms with Crippen LogP contribution in [-0.2, 0) is 22.7 Å². The number of aryl methyl sites for hydroxylation is 4. The molecule has 0 atom stereocenters.